The summed E-state index contributed by atoms with van der Waals surface area (Å²) in [7, 11) is 3.17. The van der Waals surface area contributed by atoms with Gasteiger partial charge in [0.25, 0.3) is 5.91 Å². The van der Waals surface area contributed by atoms with Crippen LogP contribution < -0.4 is 9.47 Å². The molecule has 2 aromatic carbocycles. The normalized spacial score (nSPS) is 20.0. The number of methoxy groups -OCH3 is 2. The van der Waals surface area contributed by atoms with Crippen LogP contribution in [0.4, 0.5) is 0 Å². The van der Waals surface area contributed by atoms with Crippen LogP contribution in [0.3, 0.4) is 0 Å². The van der Waals surface area contributed by atoms with E-state index in [1.165, 1.54) is 12.8 Å². The summed E-state index contributed by atoms with van der Waals surface area (Å²) in [5.41, 5.74) is 2.92. The van der Waals surface area contributed by atoms with Crippen LogP contribution in [0.5, 0.6) is 11.5 Å². The number of benzene rings is 2. The molecule has 0 unspecified atom stereocenters. The third-order valence-electron chi connectivity index (χ3n) is 6.92. The van der Waals surface area contributed by atoms with Gasteiger partial charge in [-0.2, -0.15) is 0 Å². The Labute approximate surface area is 196 Å². The Hall–Kier alpha value is -3.02. The number of rotatable bonds is 6. The highest BCUT2D eigenvalue weighted by Gasteiger charge is 2.43. The molecule has 0 N–H and O–H groups in total. The Morgan fingerprint density at radius 1 is 0.879 bits per heavy atom. The van der Waals surface area contributed by atoms with Gasteiger partial charge in [0.05, 0.1) is 14.2 Å². The van der Waals surface area contributed by atoms with Crippen LogP contribution >= 0.6 is 0 Å². The predicted octanol–water partition coefficient (Wildman–Crippen LogP) is 4.65. The van der Waals surface area contributed by atoms with Crippen LogP contribution in [0.15, 0.2) is 42.5 Å². The van der Waals surface area contributed by atoms with E-state index in [4.69, 9.17) is 9.47 Å². The Morgan fingerprint density at radius 3 is 2.18 bits per heavy atom. The van der Waals surface area contributed by atoms with E-state index in [9.17, 15) is 9.59 Å². The number of nitrogens with zero attached hydrogens (tertiary/aromatic N) is 2. The van der Waals surface area contributed by atoms with Crippen molar-refractivity contribution in [1.29, 1.82) is 0 Å². The van der Waals surface area contributed by atoms with Crippen molar-refractivity contribution < 1.29 is 19.1 Å². The third-order valence-corrected chi connectivity index (χ3v) is 6.92. The molecule has 4 rings (SSSR count). The lowest BCUT2D eigenvalue weighted by molar-refractivity contribution is -0.159. The number of piperazine rings is 1. The number of amides is 2. The zero-order valence-electron chi connectivity index (χ0n) is 19.9. The SMILES string of the molecule is COc1ccc([C@H]2C(=O)N(C3CCCCCC3)CC(=O)N2Cc2ccc(C)cc2)cc1OC. The molecular weight excluding hydrogens is 416 g/mol. The van der Waals surface area contributed by atoms with Crippen molar-refractivity contribution in [3.8, 4) is 11.5 Å². The van der Waals surface area contributed by atoms with E-state index >= 15 is 0 Å². The van der Waals surface area contributed by atoms with Gasteiger partial charge in [0.2, 0.25) is 5.91 Å². The predicted molar refractivity (Wildman–Crippen MR) is 127 cm³/mol. The first-order chi connectivity index (χ1) is 16.0. The first-order valence-corrected chi connectivity index (χ1v) is 11.9. The molecule has 0 spiro atoms. The topological polar surface area (TPSA) is 59.1 Å². The van der Waals surface area contributed by atoms with Crippen LogP contribution in [0.1, 0.15) is 61.3 Å². The molecule has 6 nitrogen and oxygen atoms in total. The lowest BCUT2D eigenvalue weighted by Crippen LogP contribution is -2.57. The standard InChI is InChI=1S/C27H34N2O4/c1-19-10-12-20(13-11-19)17-29-25(30)18-28(22-8-6-4-5-7-9-22)27(31)26(29)21-14-15-23(32-2)24(16-21)33-3/h10-16,22,26H,4-9,17-18H2,1-3H3/t26-/m0/s1. The molecule has 1 atom stereocenters. The summed E-state index contributed by atoms with van der Waals surface area (Å²) in [6, 6.07) is 13.1. The van der Waals surface area contributed by atoms with Gasteiger partial charge in [-0.25, -0.2) is 0 Å². The molecule has 2 aliphatic rings. The van der Waals surface area contributed by atoms with Gasteiger partial charge in [-0.15, -0.1) is 0 Å². The van der Waals surface area contributed by atoms with Gasteiger partial charge >= 0.3 is 0 Å². The van der Waals surface area contributed by atoms with Crippen molar-refractivity contribution in [3.05, 3.63) is 59.2 Å². The maximum absolute atomic E-state index is 14.0. The average Bonchev–Trinajstić information content (AvgIpc) is 3.12. The van der Waals surface area contributed by atoms with Crippen LogP contribution in [-0.2, 0) is 16.1 Å². The van der Waals surface area contributed by atoms with Gasteiger partial charge in [0.15, 0.2) is 11.5 Å². The molecule has 1 saturated heterocycles. The van der Waals surface area contributed by atoms with Crippen molar-refractivity contribution in [2.45, 2.75) is 64.1 Å². The van der Waals surface area contributed by atoms with E-state index in [-0.39, 0.29) is 24.4 Å². The van der Waals surface area contributed by atoms with E-state index in [0.29, 0.717) is 18.0 Å². The van der Waals surface area contributed by atoms with E-state index in [1.54, 1.807) is 25.2 Å². The number of hydrogen-bond donors (Lipinski definition) is 0. The number of aryl methyl sites for hydroxylation is 1. The molecule has 2 aromatic rings. The second-order valence-electron chi connectivity index (χ2n) is 9.14. The summed E-state index contributed by atoms with van der Waals surface area (Å²) in [5, 5.41) is 0. The first kappa shape index (κ1) is 23.1. The molecule has 2 amide bonds. The lowest BCUT2D eigenvalue weighted by atomic mass is 9.96. The number of carbonyl (C=O) groups excluding carboxylic acids is 2. The highest BCUT2D eigenvalue weighted by atomic mass is 16.5. The van der Waals surface area contributed by atoms with E-state index in [0.717, 1.165) is 42.4 Å². The van der Waals surface area contributed by atoms with E-state index in [2.05, 4.69) is 0 Å². The summed E-state index contributed by atoms with van der Waals surface area (Å²) < 4.78 is 10.9. The monoisotopic (exact) mass is 450 g/mol. The lowest BCUT2D eigenvalue weighted by Gasteiger charge is -2.43. The highest BCUT2D eigenvalue weighted by Crippen LogP contribution is 2.37. The molecule has 1 aliphatic carbocycles. The van der Waals surface area contributed by atoms with Gasteiger partial charge in [-0.1, -0.05) is 61.6 Å². The summed E-state index contributed by atoms with van der Waals surface area (Å²) in [6.45, 7) is 2.58. The van der Waals surface area contributed by atoms with Crippen LogP contribution in [-0.4, -0.2) is 48.4 Å². The third kappa shape index (κ3) is 5.00. The summed E-state index contributed by atoms with van der Waals surface area (Å²) in [5.74, 6) is 1.14. The fraction of sp³-hybridized carbons (Fsp3) is 0.481. The fourth-order valence-corrected chi connectivity index (χ4v) is 5.04. The minimum Gasteiger partial charge on any atom is -0.493 e. The molecule has 176 valence electrons. The van der Waals surface area contributed by atoms with Crippen molar-refractivity contribution >= 4 is 11.8 Å². The van der Waals surface area contributed by atoms with Crippen molar-refractivity contribution in [3.63, 3.8) is 0 Å². The fourth-order valence-electron chi connectivity index (χ4n) is 5.04. The average molecular weight is 451 g/mol. The van der Waals surface area contributed by atoms with Crippen molar-refractivity contribution in [2.24, 2.45) is 0 Å². The molecule has 1 saturated carbocycles. The van der Waals surface area contributed by atoms with Crippen molar-refractivity contribution in [1.82, 2.24) is 9.80 Å². The molecule has 33 heavy (non-hydrogen) atoms. The minimum absolute atomic E-state index is 0.000770. The van der Waals surface area contributed by atoms with Gasteiger partial charge in [0.1, 0.15) is 12.6 Å². The summed E-state index contributed by atoms with van der Waals surface area (Å²) >= 11 is 0. The van der Waals surface area contributed by atoms with Crippen LogP contribution in [0.2, 0.25) is 0 Å². The number of ether oxygens (including phenoxy) is 2. The Kier molecular flexibility index (Phi) is 7.21. The Morgan fingerprint density at radius 2 is 1.55 bits per heavy atom. The zero-order chi connectivity index (χ0) is 23.4. The molecule has 0 bridgehead atoms. The molecule has 0 aromatic heterocycles. The van der Waals surface area contributed by atoms with Crippen molar-refractivity contribution in [2.75, 3.05) is 20.8 Å². The number of carbonyl (C=O) groups is 2. The minimum atomic E-state index is -0.685. The van der Waals surface area contributed by atoms with Gasteiger partial charge in [0, 0.05) is 12.6 Å². The molecule has 1 aliphatic heterocycles. The summed E-state index contributed by atoms with van der Waals surface area (Å²) in [4.78, 5) is 31.0. The molecular formula is C27H34N2O4. The van der Waals surface area contributed by atoms with Gasteiger partial charge in [-0.3, -0.25) is 9.59 Å². The maximum atomic E-state index is 14.0. The van der Waals surface area contributed by atoms with Gasteiger partial charge < -0.3 is 19.3 Å². The largest absolute Gasteiger partial charge is 0.493 e. The molecule has 0 radical (unpaired) electrons. The van der Waals surface area contributed by atoms with Gasteiger partial charge in [-0.05, 0) is 43.0 Å². The smallest absolute Gasteiger partial charge is 0.250 e. The zero-order valence-corrected chi connectivity index (χ0v) is 19.9. The Bertz CT molecular complexity index is 980. The first-order valence-electron chi connectivity index (χ1n) is 11.9. The molecule has 6 heteroatoms. The summed E-state index contributed by atoms with van der Waals surface area (Å²) in [6.07, 6.45) is 6.55. The second-order valence-corrected chi connectivity index (χ2v) is 9.14. The van der Waals surface area contributed by atoms with Crippen LogP contribution in [0.25, 0.3) is 0 Å². The van der Waals surface area contributed by atoms with E-state index in [1.807, 2.05) is 48.2 Å². The highest BCUT2D eigenvalue weighted by molar-refractivity contribution is 5.96. The Balaban J connectivity index is 1.71. The molecule has 2 fully saturated rings. The number of hydrogen-bond acceptors (Lipinski definition) is 4. The molecule has 1 heterocycles. The quantitative estimate of drug-likeness (QED) is 0.601. The maximum Gasteiger partial charge on any atom is 0.250 e. The van der Waals surface area contributed by atoms with E-state index < -0.39 is 6.04 Å². The van der Waals surface area contributed by atoms with Crippen LogP contribution in [0, 0.1) is 6.92 Å². The second kappa shape index (κ2) is 10.3.